The van der Waals surface area contributed by atoms with Crippen molar-refractivity contribution in [1.82, 2.24) is 15.1 Å². The van der Waals surface area contributed by atoms with Crippen LogP contribution in [0.25, 0.3) is 0 Å². The van der Waals surface area contributed by atoms with E-state index in [1.165, 1.54) is 4.90 Å². The van der Waals surface area contributed by atoms with Crippen LogP contribution in [0.4, 0.5) is 0 Å². The molecule has 0 aliphatic carbocycles. The number of aliphatic hydroxyl groups excluding tert-OH is 1. The number of hydrogen-bond donors (Lipinski definition) is 2. The summed E-state index contributed by atoms with van der Waals surface area (Å²) < 4.78 is 12.0. The van der Waals surface area contributed by atoms with Crippen LogP contribution < -0.4 is 5.32 Å². The molecule has 2 bridgehead atoms. The monoisotopic (exact) mass is 595 g/mol. The fourth-order valence-corrected chi connectivity index (χ4v) is 7.08. The molecule has 3 aliphatic rings. The summed E-state index contributed by atoms with van der Waals surface area (Å²) in [6.07, 6.45) is 6.10. The molecular formula is C33H45N3O7. The van der Waals surface area contributed by atoms with E-state index in [1.807, 2.05) is 37.3 Å². The Balaban J connectivity index is 1.61. The van der Waals surface area contributed by atoms with Gasteiger partial charge in [0.15, 0.2) is 0 Å². The van der Waals surface area contributed by atoms with E-state index in [1.54, 1.807) is 17.1 Å². The van der Waals surface area contributed by atoms with Crippen molar-refractivity contribution in [3.8, 4) is 0 Å². The number of carbonyl (C=O) groups excluding carboxylic acids is 4. The number of hydrogen-bond acceptors (Lipinski definition) is 7. The Bertz CT molecular complexity index is 1190. The second kappa shape index (κ2) is 14.3. The van der Waals surface area contributed by atoms with Crippen LogP contribution in [0.2, 0.25) is 0 Å². The van der Waals surface area contributed by atoms with E-state index in [0.29, 0.717) is 25.8 Å². The lowest BCUT2D eigenvalue weighted by Crippen LogP contribution is -2.58. The number of esters is 1. The first-order chi connectivity index (χ1) is 20.7. The molecule has 4 rings (SSSR count). The van der Waals surface area contributed by atoms with Crippen LogP contribution in [0.5, 0.6) is 0 Å². The van der Waals surface area contributed by atoms with E-state index in [9.17, 15) is 24.3 Å². The molecule has 0 radical (unpaired) electrons. The second-order valence-electron chi connectivity index (χ2n) is 11.7. The van der Waals surface area contributed by atoms with Gasteiger partial charge >= 0.3 is 5.97 Å². The molecule has 1 spiro atoms. The van der Waals surface area contributed by atoms with Gasteiger partial charge in [-0.2, -0.15) is 0 Å². The normalized spacial score (nSPS) is 26.9. The maximum Gasteiger partial charge on any atom is 0.306 e. The van der Waals surface area contributed by atoms with Crippen LogP contribution in [0, 0.1) is 11.8 Å². The van der Waals surface area contributed by atoms with E-state index >= 15 is 0 Å². The molecule has 3 saturated heterocycles. The van der Waals surface area contributed by atoms with Gasteiger partial charge in [-0.3, -0.25) is 19.2 Å². The number of benzene rings is 1. The number of nitrogens with one attached hydrogen (secondary N) is 1. The van der Waals surface area contributed by atoms with Gasteiger partial charge in [0.25, 0.3) is 0 Å². The summed E-state index contributed by atoms with van der Waals surface area (Å²) in [5, 5.41) is 12.9. The summed E-state index contributed by atoms with van der Waals surface area (Å²) in [6, 6.07) is 7.52. The number of likely N-dealkylation sites (tertiary alicyclic amines) is 1. The smallest absolute Gasteiger partial charge is 0.306 e. The zero-order chi connectivity index (χ0) is 31.1. The average molecular weight is 596 g/mol. The summed E-state index contributed by atoms with van der Waals surface area (Å²) in [5.41, 5.74) is -0.412. The molecule has 10 heteroatoms. The minimum absolute atomic E-state index is 0.0345. The lowest BCUT2D eigenvalue weighted by atomic mass is 9.70. The summed E-state index contributed by atoms with van der Waals surface area (Å²) in [6.45, 7) is 11.4. The van der Waals surface area contributed by atoms with Crippen LogP contribution >= 0.6 is 0 Å². The third-order valence-electron chi connectivity index (χ3n) is 9.01. The third-order valence-corrected chi connectivity index (χ3v) is 9.01. The molecule has 3 amide bonds. The van der Waals surface area contributed by atoms with E-state index in [2.05, 4.69) is 25.4 Å². The zero-order valence-electron chi connectivity index (χ0n) is 25.3. The average Bonchev–Trinajstić information content (AvgIpc) is 3.64. The number of allylic oxidation sites excluding steroid dienone is 1. The Morgan fingerprint density at radius 1 is 1.26 bits per heavy atom. The summed E-state index contributed by atoms with van der Waals surface area (Å²) in [5.74, 6) is -3.09. The number of nitrogens with zero attached hydrogens (tertiary/aromatic N) is 2. The van der Waals surface area contributed by atoms with Crippen molar-refractivity contribution in [2.75, 3.05) is 26.3 Å². The fourth-order valence-electron chi connectivity index (χ4n) is 7.08. The zero-order valence-corrected chi connectivity index (χ0v) is 25.3. The molecule has 10 nitrogen and oxygen atoms in total. The minimum Gasteiger partial charge on any atom is -0.463 e. The number of fused-ring (bicyclic) bond motifs is 1. The van der Waals surface area contributed by atoms with E-state index in [4.69, 9.17) is 9.47 Å². The lowest BCUT2D eigenvalue weighted by molar-refractivity contribution is -0.150. The Morgan fingerprint density at radius 3 is 2.65 bits per heavy atom. The second-order valence-corrected chi connectivity index (χ2v) is 11.7. The van der Waals surface area contributed by atoms with E-state index in [-0.39, 0.29) is 49.9 Å². The van der Waals surface area contributed by atoms with Crippen molar-refractivity contribution in [3.05, 3.63) is 61.2 Å². The van der Waals surface area contributed by atoms with Gasteiger partial charge in [0.2, 0.25) is 17.7 Å². The highest BCUT2D eigenvalue weighted by atomic mass is 16.5. The molecule has 234 valence electrons. The van der Waals surface area contributed by atoms with Gasteiger partial charge < -0.3 is 29.7 Å². The molecule has 0 aromatic heterocycles. The van der Waals surface area contributed by atoms with Crippen molar-refractivity contribution < 1.29 is 33.8 Å². The molecule has 3 fully saturated rings. The Kier molecular flexibility index (Phi) is 10.8. The quantitative estimate of drug-likeness (QED) is 0.222. The summed E-state index contributed by atoms with van der Waals surface area (Å²) >= 11 is 0. The summed E-state index contributed by atoms with van der Waals surface area (Å²) in [7, 11) is 0. The minimum atomic E-state index is -1.17. The van der Waals surface area contributed by atoms with Crippen molar-refractivity contribution >= 4 is 23.7 Å². The van der Waals surface area contributed by atoms with Crippen LogP contribution in [0.15, 0.2) is 55.6 Å². The highest BCUT2D eigenvalue weighted by Gasteiger charge is 2.74. The number of aliphatic hydroxyl groups is 1. The maximum atomic E-state index is 14.2. The maximum absolute atomic E-state index is 14.2. The van der Waals surface area contributed by atoms with Crippen molar-refractivity contribution in [2.24, 2.45) is 11.8 Å². The van der Waals surface area contributed by atoms with E-state index in [0.717, 1.165) is 18.4 Å². The van der Waals surface area contributed by atoms with Gasteiger partial charge in [0.1, 0.15) is 18.2 Å². The molecular weight excluding hydrogens is 550 g/mol. The third kappa shape index (κ3) is 6.40. The van der Waals surface area contributed by atoms with Gasteiger partial charge in [-0.25, -0.2) is 0 Å². The molecule has 2 N–H and O–H groups in total. The van der Waals surface area contributed by atoms with Crippen LogP contribution in [-0.2, 0) is 28.7 Å². The van der Waals surface area contributed by atoms with Gasteiger partial charge in [-0.05, 0) is 38.2 Å². The predicted octanol–water partition coefficient (Wildman–Crippen LogP) is 2.92. The van der Waals surface area contributed by atoms with Crippen molar-refractivity contribution in [1.29, 1.82) is 0 Å². The Labute approximate surface area is 254 Å². The largest absolute Gasteiger partial charge is 0.463 e. The van der Waals surface area contributed by atoms with Crippen LogP contribution in [0.3, 0.4) is 0 Å². The molecule has 1 aromatic rings. The topological polar surface area (TPSA) is 125 Å². The number of rotatable bonds is 16. The predicted molar refractivity (Wildman–Crippen MR) is 160 cm³/mol. The highest BCUT2D eigenvalue weighted by Crippen LogP contribution is 2.58. The van der Waals surface area contributed by atoms with Gasteiger partial charge in [-0.1, -0.05) is 55.8 Å². The van der Waals surface area contributed by atoms with Gasteiger partial charge in [0, 0.05) is 25.6 Å². The SMILES string of the molecule is C=CCCC(=O)OC[C@H](NC(=O)[C@@H]1[C@@H]2CC[C@]3(O2)[C@H](C(=O)N(CC=C)C(C)CCC)N(CCO)C(=O)[C@@H]13)c1ccccc1. The molecule has 0 saturated carbocycles. The first kappa shape index (κ1) is 32.4. The van der Waals surface area contributed by atoms with Crippen LogP contribution in [-0.4, -0.2) is 88.7 Å². The van der Waals surface area contributed by atoms with Crippen LogP contribution in [0.1, 0.15) is 64.0 Å². The number of amides is 3. The highest BCUT2D eigenvalue weighted by molar-refractivity contribution is 5.99. The molecule has 1 unspecified atom stereocenters. The molecule has 43 heavy (non-hydrogen) atoms. The van der Waals surface area contributed by atoms with E-state index < -0.39 is 41.6 Å². The number of β-amino-alcohol motifs (C(OH)–C–C–N with tert-alkyl or cyclic N) is 1. The molecule has 3 heterocycles. The molecule has 1 aromatic carbocycles. The Hall–Kier alpha value is -3.50. The van der Waals surface area contributed by atoms with Gasteiger partial charge in [-0.15, -0.1) is 13.2 Å². The molecule has 3 aliphatic heterocycles. The summed E-state index contributed by atoms with van der Waals surface area (Å²) in [4.78, 5) is 57.7. The van der Waals surface area contributed by atoms with Crippen molar-refractivity contribution in [3.63, 3.8) is 0 Å². The molecule has 7 atom stereocenters. The first-order valence-corrected chi connectivity index (χ1v) is 15.4. The first-order valence-electron chi connectivity index (χ1n) is 15.4. The number of carbonyl (C=O) groups is 4. The van der Waals surface area contributed by atoms with Crippen molar-refractivity contribution in [2.45, 2.75) is 82.2 Å². The Morgan fingerprint density at radius 2 is 2.00 bits per heavy atom. The lowest BCUT2D eigenvalue weighted by Gasteiger charge is -2.38. The fraction of sp³-hybridized carbons (Fsp3) is 0.576. The standard InChI is InChI=1S/C33H45N3O7/c1-5-8-15-26(38)42-21-24(23-13-10-9-11-14-23)34-30(39)27-25-16-17-33(43-25)28(27)31(40)36(19-20-37)29(33)32(41)35(18-7-3)22(4)12-6-2/h5,7,9-11,13-14,22,24-25,27-29,37H,1,3,6,8,12,15-21H2,2,4H3,(H,34,39)/t22?,24-,25-,27+,28+,29-,33+/m0/s1. The number of ether oxygens (including phenoxy) is 2. The van der Waals surface area contributed by atoms with Gasteiger partial charge in [0.05, 0.1) is 30.6 Å².